The third kappa shape index (κ3) is 3.74. The highest BCUT2D eigenvalue weighted by atomic mass is 16.2. The number of hydrogen-bond acceptors (Lipinski definition) is 5. The third-order valence-corrected chi connectivity index (χ3v) is 8.49. The first kappa shape index (κ1) is 22.8. The van der Waals surface area contributed by atoms with Gasteiger partial charge in [-0.3, -0.25) is 14.6 Å². The number of nitrogens with zero attached hydrogens (tertiary/aromatic N) is 5. The van der Waals surface area contributed by atoms with Gasteiger partial charge in [-0.2, -0.15) is 0 Å². The molecule has 0 radical (unpaired) electrons. The Hall–Kier alpha value is -3.00. The largest absolute Gasteiger partial charge is 0.366 e. The third-order valence-electron chi connectivity index (χ3n) is 8.49. The molecule has 180 valence electrons. The zero-order chi connectivity index (χ0) is 23.9. The highest BCUT2D eigenvalue weighted by Crippen LogP contribution is 2.49. The summed E-state index contributed by atoms with van der Waals surface area (Å²) in [6.45, 7) is 1.38. The van der Waals surface area contributed by atoms with Crippen LogP contribution in [0.4, 0.5) is 10.7 Å². The minimum absolute atomic E-state index is 0.0178. The van der Waals surface area contributed by atoms with Gasteiger partial charge >= 0.3 is 6.03 Å². The first-order chi connectivity index (χ1) is 16.3. The highest BCUT2D eigenvalue weighted by molar-refractivity contribution is 5.95. The summed E-state index contributed by atoms with van der Waals surface area (Å²) in [4.78, 5) is 40.0. The topological polar surface area (TPSA) is 95.7 Å². The van der Waals surface area contributed by atoms with Crippen LogP contribution in [0.1, 0.15) is 60.9 Å². The van der Waals surface area contributed by atoms with Gasteiger partial charge in [0, 0.05) is 24.5 Å². The second-order valence-electron chi connectivity index (χ2n) is 10.4. The molecule has 2 N–H and O–H groups in total. The number of primary amides is 1. The van der Waals surface area contributed by atoms with E-state index in [0.717, 1.165) is 32.2 Å². The first-order valence-corrected chi connectivity index (χ1v) is 12.3. The van der Waals surface area contributed by atoms with E-state index in [2.05, 4.69) is 64.2 Å². The van der Waals surface area contributed by atoms with E-state index in [-0.39, 0.29) is 22.7 Å². The Bertz CT molecular complexity index is 1040. The summed E-state index contributed by atoms with van der Waals surface area (Å²) < 4.78 is 0. The maximum absolute atomic E-state index is 13.7. The van der Waals surface area contributed by atoms with Crippen molar-refractivity contribution < 1.29 is 9.59 Å². The van der Waals surface area contributed by atoms with Crippen LogP contribution in [0.3, 0.4) is 0 Å². The molecule has 0 bridgehead atoms. The van der Waals surface area contributed by atoms with Crippen molar-refractivity contribution in [1.82, 2.24) is 19.8 Å². The summed E-state index contributed by atoms with van der Waals surface area (Å²) in [7, 11) is 4.33. The lowest BCUT2D eigenvalue weighted by Crippen LogP contribution is -2.56. The Morgan fingerprint density at radius 1 is 1.09 bits per heavy atom. The molecule has 0 unspecified atom stereocenters. The summed E-state index contributed by atoms with van der Waals surface area (Å²) in [5, 5.41) is 0. The van der Waals surface area contributed by atoms with Crippen LogP contribution in [0.15, 0.2) is 42.7 Å². The van der Waals surface area contributed by atoms with Crippen LogP contribution in [0.25, 0.3) is 0 Å². The number of carbonyl (C=O) groups is 2. The Labute approximate surface area is 201 Å². The van der Waals surface area contributed by atoms with Crippen molar-refractivity contribution in [3.63, 3.8) is 0 Å². The molecule has 8 heteroatoms. The number of amides is 3. The molecular formula is C26H34N6O2. The van der Waals surface area contributed by atoms with E-state index in [1.807, 2.05) is 0 Å². The van der Waals surface area contributed by atoms with E-state index in [4.69, 9.17) is 5.73 Å². The van der Waals surface area contributed by atoms with Gasteiger partial charge in [-0.1, -0.05) is 36.8 Å². The summed E-state index contributed by atoms with van der Waals surface area (Å²) >= 11 is 0. The van der Waals surface area contributed by atoms with E-state index in [9.17, 15) is 9.59 Å². The molecule has 2 aliphatic carbocycles. The Morgan fingerprint density at radius 2 is 1.74 bits per heavy atom. The number of aromatic nitrogens is 2. The highest BCUT2D eigenvalue weighted by Gasteiger charge is 2.55. The van der Waals surface area contributed by atoms with Crippen molar-refractivity contribution in [2.75, 3.05) is 32.1 Å². The standard InChI is InChI=1S/C26H34N6O2/c1-30(2)26(21-9-4-3-5-10-21)13-11-25(12-14-26)18-31(23-28-15-20(16-29-23)22(27)33)24(34)32(25)17-19-7-6-8-19/h3-5,9-10,15-16,19H,6-8,11-14,17-18H2,1-2H3,(H2,27,33)/t25-,26-. The van der Waals surface area contributed by atoms with E-state index < -0.39 is 5.91 Å². The fraction of sp³-hybridized carbons (Fsp3) is 0.538. The number of benzene rings is 1. The van der Waals surface area contributed by atoms with Crippen molar-refractivity contribution in [3.8, 4) is 0 Å². The van der Waals surface area contributed by atoms with E-state index in [0.29, 0.717) is 18.4 Å². The van der Waals surface area contributed by atoms with Gasteiger partial charge in [0.1, 0.15) is 0 Å². The smallest absolute Gasteiger partial charge is 0.327 e. The summed E-state index contributed by atoms with van der Waals surface area (Å²) in [6.07, 6.45) is 10.3. The van der Waals surface area contributed by atoms with Gasteiger partial charge in [0.15, 0.2) is 0 Å². The molecule has 5 rings (SSSR count). The molecular weight excluding hydrogens is 428 g/mol. The zero-order valence-corrected chi connectivity index (χ0v) is 20.1. The maximum atomic E-state index is 13.7. The van der Waals surface area contributed by atoms with Crippen LogP contribution >= 0.6 is 0 Å². The quantitative estimate of drug-likeness (QED) is 0.710. The maximum Gasteiger partial charge on any atom is 0.327 e. The van der Waals surface area contributed by atoms with Crippen LogP contribution in [0.5, 0.6) is 0 Å². The predicted octanol–water partition coefficient (Wildman–Crippen LogP) is 3.39. The minimum Gasteiger partial charge on any atom is -0.366 e. The lowest BCUT2D eigenvalue weighted by atomic mass is 9.68. The average molecular weight is 463 g/mol. The van der Waals surface area contributed by atoms with Crippen LogP contribution in [0, 0.1) is 5.92 Å². The molecule has 3 amide bonds. The van der Waals surface area contributed by atoms with Crippen molar-refractivity contribution in [2.24, 2.45) is 11.7 Å². The molecule has 1 aromatic carbocycles. The number of urea groups is 1. The molecule has 1 aromatic heterocycles. The molecule has 1 aliphatic heterocycles. The second kappa shape index (κ2) is 8.65. The molecule has 8 nitrogen and oxygen atoms in total. The van der Waals surface area contributed by atoms with Crippen LogP contribution < -0.4 is 10.6 Å². The van der Waals surface area contributed by atoms with E-state index >= 15 is 0 Å². The number of rotatable bonds is 6. The van der Waals surface area contributed by atoms with Crippen molar-refractivity contribution in [1.29, 1.82) is 0 Å². The zero-order valence-electron chi connectivity index (χ0n) is 20.1. The molecule has 1 saturated heterocycles. The fourth-order valence-corrected chi connectivity index (χ4v) is 6.04. The second-order valence-corrected chi connectivity index (χ2v) is 10.4. The van der Waals surface area contributed by atoms with Crippen LogP contribution in [-0.4, -0.2) is 64.4 Å². The number of nitrogens with two attached hydrogens (primary N) is 1. The van der Waals surface area contributed by atoms with E-state index in [1.165, 1.54) is 37.2 Å². The van der Waals surface area contributed by atoms with Gasteiger partial charge in [-0.05, 0) is 64.1 Å². The summed E-state index contributed by atoms with van der Waals surface area (Å²) in [5.74, 6) is 0.349. The minimum atomic E-state index is -0.574. The molecule has 1 spiro atoms. The summed E-state index contributed by atoms with van der Waals surface area (Å²) in [5.41, 5.74) is 6.66. The number of carbonyl (C=O) groups excluding carboxylic acids is 2. The van der Waals surface area contributed by atoms with Gasteiger partial charge < -0.3 is 10.6 Å². The fourth-order valence-electron chi connectivity index (χ4n) is 6.04. The van der Waals surface area contributed by atoms with E-state index in [1.54, 1.807) is 4.90 Å². The number of hydrogen-bond donors (Lipinski definition) is 1. The van der Waals surface area contributed by atoms with Gasteiger partial charge in [0.25, 0.3) is 5.91 Å². The normalized spacial score (nSPS) is 27.4. The lowest BCUT2D eigenvalue weighted by molar-refractivity contribution is 0.0172. The molecule has 3 fully saturated rings. The van der Waals surface area contributed by atoms with Gasteiger partial charge in [-0.25, -0.2) is 14.8 Å². The molecule has 0 atom stereocenters. The predicted molar refractivity (Wildman–Crippen MR) is 130 cm³/mol. The SMILES string of the molecule is CN(C)[C@]1(c2ccccc2)CC[C@@]2(CC1)CN(c1ncc(C(N)=O)cn1)C(=O)N2CC1CCC1. The molecule has 2 heterocycles. The average Bonchev–Trinajstić information content (AvgIpc) is 3.08. The van der Waals surface area contributed by atoms with Crippen LogP contribution in [-0.2, 0) is 5.54 Å². The number of anilines is 1. The Kier molecular flexibility index (Phi) is 5.80. The first-order valence-electron chi connectivity index (χ1n) is 12.3. The van der Waals surface area contributed by atoms with Gasteiger partial charge in [-0.15, -0.1) is 0 Å². The van der Waals surface area contributed by atoms with Crippen molar-refractivity contribution in [3.05, 3.63) is 53.9 Å². The monoisotopic (exact) mass is 462 g/mol. The van der Waals surface area contributed by atoms with Gasteiger partial charge in [0.2, 0.25) is 5.95 Å². The van der Waals surface area contributed by atoms with Crippen LogP contribution in [0.2, 0.25) is 0 Å². The van der Waals surface area contributed by atoms with Crippen molar-refractivity contribution in [2.45, 2.75) is 56.0 Å². The van der Waals surface area contributed by atoms with Gasteiger partial charge in [0.05, 0.1) is 17.6 Å². The Morgan fingerprint density at radius 3 is 2.26 bits per heavy atom. The molecule has 2 saturated carbocycles. The Balaban J connectivity index is 1.44. The van der Waals surface area contributed by atoms with Crippen molar-refractivity contribution >= 4 is 17.9 Å². The lowest BCUT2D eigenvalue weighted by Gasteiger charge is -2.51. The molecule has 3 aliphatic rings. The molecule has 2 aromatic rings. The molecule has 34 heavy (non-hydrogen) atoms. The summed E-state index contributed by atoms with van der Waals surface area (Å²) in [6, 6.07) is 10.7.